The molecule has 0 aromatic carbocycles. The maximum absolute atomic E-state index is 12.5. The summed E-state index contributed by atoms with van der Waals surface area (Å²) in [5.74, 6) is -0.906. The SMILES string of the molecule is CCCCCC/C=C\CCCCCCCC(=O)OCC(COC(=O)CCCCCCC)OC(=O)CCCCCCCCC. The molecule has 43 heavy (non-hydrogen) atoms. The molecule has 1 atom stereocenters. The van der Waals surface area contributed by atoms with Gasteiger partial charge < -0.3 is 14.2 Å². The van der Waals surface area contributed by atoms with Crippen LogP contribution in [0.5, 0.6) is 0 Å². The Morgan fingerprint density at radius 3 is 1.19 bits per heavy atom. The molecule has 0 aromatic heterocycles. The molecule has 0 radical (unpaired) electrons. The highest BCUT2D eigenvalue weighted by Crippen LogP contribution is 2.12. The molecule has 0 bridgehead atoms. The molecule has 6 nitrogen and oxygen atoms in total. The Morgan fingerprint density at radius 1 is 0.442 bits per heavy atom. The normalized spacial score (nSPS) is 12.0. The number of hydrogen-bond donors (Lipinski definition) is 0. The molecule has 252 valence electrons. The summed E-state index contributed by atoms with van der Waals surface area (Å²) in [4.78, 5) is 37.0. The zero-order chi connectivity index (χ0) is 31.6. The van der Waals surface area contributed by atoms with Gasteiger partial charge in [0.2, 0.25) is 0 Å². The van der Waals surface area contributed by atoms with E-state index in [1.54, 1.807) is 0 Å². The lowest BCUT2D eigenvalue weighted by Crippen LogP contribution is -2.30. The minimum absolute atomic E-state index is 0.0724. The van der Waals surface area contributed by atoms with E-state index < -0.39 is 6.10 Å². The Labute approximate surface area is 265 Å². The quantitative estimate of drug-likeness (QED) is 0.0327. The van der Waals surface area contributed by atoms with E-state index in [1.807, 2.05) is 0 Å². The fraction of sp³-hybridized carbons (Fsp3) is 0.865. The van der Waals surface area contributed by atoms with Crippen molar-refractivity contribution >= 4 is 17.9 Å². The van der Waals surface area contributed by atoms with E-state index in [9.17, 15) is 14.4 Å². The fourth-order valence-corrected chi connectivity index (χ4v) is 4.96. The van der Waals surface area contributed by atoms with Gasteiger partial charge in [-0.3, -0.25) is 14.4 Å². The molecule has 1 unspecified atom stereocenters. The zero-order valence-electron chi connectivity index (χ0n) is 28.5. The third-order valence-electron chi connectivity index (χ3n) is 7.77. The summed E-state index contributed by atoms with van der Waals surface area (Å²) >= 11 is 0. The summed E-state index contributed by atoms with van der Waals surface area (Å²) < 4.78 is 16.4. The summed E-state index contributed by atoms with van der Waals surface area (Å²) in [6, 6.07) is 0. The number of rotatable bonds is 32. The van der Waals surface area contributed by atoms with Gasteiger partial charge >= 0.3 is 17.9 Å². The highest BCUT2D eigenvalue weighted by atomic mass is 16.6. The number of allylic oxidation sites excluding steroid dienone is 2. The van der Waals surface area contributed by atoms with Crippen molar-refractivity contribution in [1.82, 2.24) is 0 Å². The van der Waals surface area contributed by atoms with Crippen molar-refractivity contribution in [1.29, 1.82) is 0 Å². The van der Waals surface area contributed by atoms with E-state index in [1.165, 1.54) is 77.0 Å². The summed E-state index contributed by atoms with van der Waals surface area (Å²) in [7, 11) is 0. The zero-order valence-corrected chi connectivity index (χ0v) is 28.5. The summed E-state index contributed by atoms with van der Waals surface area (Å²) in [6.07, 6.45) is 30.9. The first-order valence-corrected chi connectivity index (χ1v) is 18.2. The van der Waals surface area contributed by atoms with Crippen molar-refractivity contribution in [3.05, 3.63) is 12.2 Å². The molecule has 0 fully saturated rings. The number of ether oxygens (including phenoxy) is 3. The Balaban J connectivity index is 4.26. The average Bonchev–Trinajstić information content (AvgIpc) is 3.00. The van der Waals surface area contributed by atoms with E-state index in [-0.39, 0.29) is 31.1 Å². The van der Waals surface area contributed by atoms with Crippen LogP contribution >= 0.6 is 0 Å². The number of carbonyl (C=O) groups excluding carboxylic acids is 3. The van der Waals surface area contributed by atoms with Gasteiger partial charge in [0.15, 0.2) is 6.10 Å². The first kappa shape index (κ1) is 41.1. The molecule has 0 aliphatic heterocycles. The van der Waals surface area contributed by atoms with Gasteiger partial charge in [0, 0.05) is 19.3 Å². The van der Waals surface area contributed by atoms with Gasteiger partial charge in [0.05, 0.1) is 0 Å². The number of esters is 3. The predicted octanol–water partition coefficient (Wildman–Crippen LogP) is 10.7. The monoisotopic (exact) mass is 609 g/mol. The van der Waals surface area contributed by atoms with E-state index in [4.69, 9.17) is 14.2 Å². The summed E-state index contributed by atoms with van der Waals surface area (Å²) in [6.45, 7) is 6.46. The van der Waals surface area contributed by atoms with Crippen LogP contribution in [0.4, 0.5) is 0 Å². The third kappa shape index (κ3) is 31.4. The molecular formula is C37H68O6. The molecular weight excluding hydrogens is 540 g/mol. The second-order valence-corrected chi connectivity index (χ2v) is 12.1. The van der Waals surface area contributed by atoms with Crippen molar-refractivity contribution in [2.75, 3.05) is 13.2 Å². The molecule has 0 rings (SSSR count). The number of hydrogen-bond acceptors (Lipinski definition) is 6. The molecule has 0 N–H and O–H groups in total. The standard InChI is InChI=1S/C37H68O6/c1-4-7-10-13-15-16-17-18-19-20-22-24-27-30-36(39)42-33-34(32-41-35(38)29-26-23-12-9-6-3)43-37(40)31-28-25-21-14-11-8-5-2/h16-17,34H,4-15,18-33H2,1-3H3/b17-16-. The van der Waals surface area contributed by atoms with E-state index in [0.29, 0.717) is 19.3 Å². The van der Waals surface area contributed by atoms with Crippen LogP contribution in [-0.4, -0.2) is 37.2 Å². The van der Waals surface area contributed by atoms with Crippen LogP contribution in [0.3, 0.4) is 0 Å². The molecule has 0 amide bonds. The molecule has 0 aliphatic carbocycles. The molecule has 0 saturated heterocycles. The molecule has 6 heteroatoms. The third-order valence-corrected chi connectivity index (χ3v) is 7.77. The number of unbranched alkanes of at least 4 members (excludes halogenated alkanes) is 19. The smallest absolute Gasteiger partial charge is 0.306 e. The lowest BCUT2D eigenvalue weighted by Gasteiger charge is -2.18. The summed E-state index contributed by atoms with van der Waals surface area (Å²) in [5, 5.41) is 0. The van der Waals surface area contributed by atoms with Crippen LogP contribution < -0.4 is 0 Å². The van der Waals surface area contributed by atoms with Crippen molar-refractivity contribution in [2.45, 2.75) is 194 Å². The molecule has 0 saturated carbocycles. The fourth-order valence-electron chi connectivity index (χ4n) is 4.96. The average molecular weight is 609 g/mol. The van der Waals surface area contributed by atoms with Crippen LogP contribution in [0, 0.1) is 0 Å². The minimum Gasteiger partial charge on any atom is -0.462 e. The van der Waals surface area contributed by atoms with Crippen molar-refractivity contribution in [2.24, 2.45) is 0 Å². The molecule has 0 heterocycles. The second kappa shape index (κ2) is 33.1. The maximum atomic E-state index is 12.5. The Hall–Kier alpha value is -1.85. The molecule has 0 spiro atoms. The summed E-state index contributed by atoms with van der Waals surface area (Å²) in [5.41, 5.74) is 0. The van der Waals surface area contributed by atoms with Gasteiger partial charge in [0.25, 0.3) is 0 Å². The first-order chi connectivity index (χ1) is 21.0. The van der Waals surface area contributed by atoms with Gasteiger partial charge in [-0.25, -0.2) is 0 Å². The van der Waals surface area contributed by atoms with Crippen molar-refractivity contribution < 1.29 is 28.6 Å². The van der Waals surface area contributed by atoms with Crippen LogP contribution in [0.25, 0.3) is 0 Å². The van der Waals surface area contributed by atoms with Crippen molar-refractivity contribution in [3.8, 4) is 0 Å². The van der Waals surface area contributed by atoms with Crippen molar-refractivity contribution in [3.63, 3.8) is 0 Å². The lowest BCUT2D eigenvalue weighted by atomic mass is 10.1. The van der Waals surface area contributed by atoms with Gasteiger partial charge in [-0.05, 0) is 44.9 Å². The first-order valence-electron chi connectivity index (χ1n) is 18.2. The van der Waals surface area contributed by atoms with Crippen LogP contribution in [0.2, 0.25) is 0 Å². The van der Waals surface area contributed by atoms with E-state index in [2.05, 4.69) is 32.9 Å². The largest absolute Gasteiger partial charge is 0.462 e. The van der Waals surface area contributed by atoms with Crippen LogP contribution in [0.1, 0.15) is 188 Å². The highest BCUT2D eigenvalue weighted by molar-refractivity contribution is 5.71. The predicted molar refractivity (Wildman–Crippen MR) is 178 cm³/mol. The Kier molecular flexibility index (Phi) is 31.6. The van der Waals surface area contributed by atoms with E-state index >= 15 is 0 Å². The topological polar surface area (TPSA) is 78.9 Å². The van der Waals surface area contributed by atoms with Gasteiger partial charge in [-0.15, -0.1) is 0 Å². The van der Waals surface area contributed by atoms with Gasteiger partial charge in [0.1, 0.15) is 13.2 Å². The second-order valence-electron chi connectivity index (χ2n) is 12.1. The van der Waals surface area contributed by atoms with E-state index in [0.717, 1.165) is 70.6 Å². The molecule has 0 aliphatic rings. The Morgan fingerprint density at radius 2 is 0.767 bits per heavy atom. The maximum Gasteiger partial charge on any atom is 0.306 e. The Bertz CT molecular complexity index is 674. The number of carbonyl (C=O) groups is 3. The van der Waals surface area contributed by atoms with Gasteiger partial charge in [-0.2, -0.15) is 0 Å². The van der Waals surface area contributed by atoms with Crippen LogP contribution in [-0.2, 0) is 28.6 Å². The van der Waals surface area contributed by atoms with Gasteiger partial charge in [-0.1, -0.05) is 136 Å². The lowest BCUT2D eigenvalue weighted by molar-refractivity contribution is -0.167. The molecule has 0 aromatic rings. The minimum atomic E-state index is -0.759. The highest BCUT2D eigenvalue weighted by Gasteiger charge is 2.19. The van der Waals surface area contributed by atoms with Crippen LogP contribution in [0.15, 0.2) is 12.2 Å².